The molecule has 23 heavy (non-hydrogen) atoms. The van der Waals surface area contributed by atoms with E-state index in [1.807, 2.05) is 19.9 Å². The van der Waals surface area contributed by atoms with E-state index in [2.05, 4.69) is 4.74 Å². The van der Waals surface area contributed by atoms with Crippen molar-refractivity contribution in [2.45, 2.75) is 25.6 Å². The quantitative estimate of drug-likeness (QED) is 0.842. The molecule has 0 saturated heterocycles. The maximum Gasteiger partial charge on any atom is 0.573 e. The van der Waals surface area contributed by atoms with Gasteiger partial charge < -0.3 is 15.2 Å². The molecule has 0 heterocycles. The highest BCUT2D eigenvalue weighted by molar-refractivity contribution is 5.52. The third-order valence-corrected chi connectivity index (χ3v) is 3.68. The number of nitrogens with two attached hydrogens (primary N) is 1. The van der Waals surface area contributed by atoms with Gasteiger partial charge in [0.25, 0.3) is 0 Å². The number of ether oxygens (including phenoxy) is 2. The first-order valence-electron chi connectivity index (χ1n) is 6.93. The van der Waals surface area contributed by atoms with E-state index >= 15 is 0 Å². The number of hydrogen-bond donors (Lipinski definition) is 1. The maximum absolute atomic E-state index is 12.4. The number of methoxy groups -OCH3 is 1. The first-order chi connectivity index (χ1) is 10.6. The maximum atomic E-state index is 12.4. The molecule has 2 aromatic rings. The smallest absolute Gasteiger partial charge is 0.497 e. The Hall–Kier alpha value is -2.37. The standard InChI is InChI=1S/C17H18F3NO2/c1-16(2,12-7-13(21)10-15(9-12)22-3)11-5-4-6-14(8-11)23-17(18,19)20/h4-10H,21H2,1-3H3. The summed E-state index contributed by atoms with van der Waals surface area (Å²) in [6, 6.07) is 11.2. The number of alkyl halides is 3. The number of benzene rings is 2. The lowest BCUT2D eigenvalue weighted by atomic mass is 9.78. The van der Waals surface area contributed by atoms with Crippen LogP contribution in [0.25, 0.3) is 0 Å². The fourth-order valence-corrected chi connectivity index (χ4v) is 2.35. The lowest BCUT2D eigenvalue weighted by molar-refractivity contribution is -0.274. The topological polar surface area (TPSA) is 44.5 Å². The van der Waals surface area contributed by atoms with Gasteiger partial charge in [0.2, 0.25) is 0 Å². The second-order valence-corrected chi connectivity index (χ2v) is 5.70. The van der Waals surface area contributed by atoms with Crippen molar-refractivity contribution in [3.63, 3.8) is 0 Å². The van der Waals surface area contributed by atoms with E-state index in [0.29, 0.717) is 17.0 Å². The zero-order valence-corrected chi connectivity index (χ0v) is 13.1. The zero-order chi connectivity index (χ0) is 17.3. The van der Waals surface area contributed by atoms with Crippen LogP contribution in [-0.4, -0.2) is 13.5 Å². The monoisotopic (exact) mass is 325 g/mol. The molecule has 0 amide bonds. The summed E-state index contributed by atoms with van der Waals surface area (Å²) >= 11 is 0. The van der Waals surface area contributed by atoms with Crippen molar-refractivity contribution >= 4 is 5.69 Å². The van der Waals surface area contributed by atoms with E-state index < -0.39 is 11.8 Å². The van der Waals surface area contributed by atoms with Gasteiger partial charge in [0.1, 0.15) is 11.5 Å². The predicted molar refractivity (Wildman–Crippen MR) is 82.7 cm³/mol. The van der Waals surface area contributed by atoms with Crippen molar-refractivity contribution in [2.75, 3.05) is 12.8 Å². The third kappa shape index (κ3) is 4.09. The molecule has 0 aromatic heterocycles. The lowest BCUT2D eigenvalue weighted by Crippen LogP contribution is -2.21. The molecular formula is C17H18F3NO2. The van der Waals surface area contributed by atoms with Gasteiger partial charge in [-0.15, -0.1) is 13.2 Å². The largest absolute Gasteiger partial charge is 0.573 e. The summed E-state index contributed by atoms with van der Waals surface area (Å²) in [6.07, 6.45) is -4.72. The molecule has 124 valence electrons. The van der Waals surface area contributed by atoms with Gasteiger partial charge in [-0.05, 0) is 35.4 Å². The Kier molecular flexibility index (Phi) is 4.45. The Morgan fingerprint density at radius 1 is 0.913 bits per heavy atom. The molecule has 0 aliphatic carbocycles. The van der Waals surface area contributed by atoms with Gasteiger partial charge in [-0.1, -0.05) is 26.0 Å². The molecule has 3 nitrogen and oxygen atoms in total. The molecule has 0 spiro atoms. The van der Waals surface area contributed by atoms with Gasteiger partial charge in [0.05, 0.1) is 7.11 Å². The van der Waals surface area contributed by atoms with Gasteiger partial charge in [-0.3, -0.25) is 0 Å². The van der Waals surface area contributed by atoms with Gasteiger partial charge in [0, 0.05) is 17.2 Å². The Labute approximate surface area is 132 Å². The van der Waals surface area contributed by atoms with Crippen LogP contribution in [0.5, 0.6) is 11.5 Å². The molecular weight excluding hydrogens is 307 g/mol. The van der Waals surface area contributed by atoms with E-state index in [9.17, 15) is 13.2 Å². The van der Waals surface area contributed by atoms with Gasteiger partial charge in [-0.25, -0.2) is 0 Å². The number of anilines is 1. The van der Waals surface area contributed by atoms with Crippen LogP contribution in [0.3, 0.4) is 0 Å². The normalized spacial score (nSPS) is 12.1. The summed E-state index contributed by atoms with van der Waals surface area (Å²) in [5.74, 6) is 0.342. The van der Waals surface area contributed by atoms with E-state index in [4.69, 9.17) is 10.5 Å². The van der Waals surface area contributed by atoms with Crippen molar-refractivity contribution in [1.29, 1.82) is 0 Å². The Bertz CT molecular complexity index is 696. The van der Waals surface area contributed by atoms with E-state index in [-0.39, 0.29) is 5.75 Å². The van der Waals surface area contributed by atoms with Crippen molar-refractivity contribution in [3.05, 3.63) is 53.6 Å². The van der Waals surface area contributed by atoms with Crippen LogP contribution in [0, 0.1) is 0 Å². The highest BCUT2D eigenvalue weighted by atomic mass is 19.4. The SMILES string of the molecule is COc1cc(N)cc(C(C)(C)c2cccc(OC(F)(F)F)c2)c1. The van der Waals surface area contributed by atoms with Gasteiger partial charge in [-0.2, -0.15) is 0 Å². The average molecular weight is 325 g/mol. The van der Waals surface area contributed by atoms with E-state index in [1.165, 1.54) is 25.3 Å². The van der Waals surface area contributed by atoms with Crippen LogP contribution in [0.4, 0.5) is 18.9 Å². The average Bonchev–Trinajstić information content (AvgIpc) is 2.45. The molecule has 0 saturated carbocycles. The second kappa shape index (κ2) is 6.02. The van der Waals surface area contributed by atoms with Crippen molar-refractivity contribution in [2.24, 2.45) is 0 Å². The molecule has 0 bridgehead atoms. The van der Waals surface area contributed by atoms with Crippen molar-refractivity contribution < 1.29 is 22.6 Å². The van der Waals surface area contributed by atoms with Gasteiger partial charge in [0.15, 0.2) is 0 Å². The minimum atomic E-state index is -4.72. The molecule has 0 radical (unpaired) electrons. The summed E-state index contributed by atoms with van der Waals surface area (Å²) < 4.78 is 46.4. The summed E-state index contributed by atoms with van der Waals surface area (Å²) in [6.45, 7) is 3.79. The predicted octanol–water partition coefficient (Wildman–Crippen LogP) is 4.50. The first-order valence-corrected chi connectivity index (χ1v) is 6.93. The van der Waals surface area contributed by atoms with Crippen LogP contribution < -0.4 is 15.2 Å². The summed E-state index contributed by atoms with van der Waals surface area (Å²) in [7, 11) is 1.53. The molecule has 0 unspecified atom stereocenters. The second-order valence-electron chi connectivity index (χ2n) is 5.70. The third-order valence-electron chi connectivity index (χ3n) is 3.68. The molecule has 0 aliphatic heterocycles. The minimum Gasteiger partial charge on any atom is -0.497 e. The van der Waals surface area contributed by atoms with Crippen molar-refractivity contribution in [1.82, 2.24) is 0 Å². The van der Waals surface area contributed by atoms with Crippen molar-refractivity contribution in [3.8, 4) is 11.5 Å². The number of hydrogen-bond acceptors (Lipinski definition) is 3. The Balaban J connectivity index is 2.43. The van der Waals surface area contributed by atoms with E-state index in [0.717, 1.165) is 5.56 Å². The van der Waals surface area contributed by atoms with E-state index in [1.54, 1.807) is 18.2 Å². The number of rotatable bonds is 4. The summed E-state index contributed by atoms with van der Waals surface area (Å²) in [5.41, 5.74) is 7.32. The summed E-state index contributed by atoms with van der Waals surface area (Å²) in [5, 5.41) is 0. The number of halogens is 3. The number of nitrogen functional groups attached to an aromatic ring is 1. The molecule has 2 rings (SSSR count). The van der Waals surface area contributed by atoms with Crippen LogP contribution in [0.2, 0.25) is 0 Å². The summed E-state index contributed by atoms with van der Waals surface area (Å²) in [4.78, 5) is 0. The van der Waals surface area contributed by atoms with Crippen LogP contribution in [0.15, 0.2) is 42.5 Å². The molecule has 2 aromatic carbocycles. The van der Waals surface area contributed by atoms with Crippen LogP contribution in [-0.2, 0) is 5.41 Å². The van der Waals surface area contributed by atoms with Crippen LogP contribution in [0.1, 0.15) is 25.0 Å². The minimum absolute atomic E-state index is 0.251. The Morgan fingerprint density at radius 3 is 2.17 bits per heavy atom. The molecule has 0 aliphatic rings. The highest BCUT2D eigenvalue weighted by Gasteiger charge is 2.32. The lowest BCUT2D eigenvalue weighted by Gasteiger charge is -2.27. The fourth-order valence-electron chi connectivity index (χ4n) is 2.35. The molecule has 2 N–H and O–H groups in total. The Morgan fingerprint density at radius 2 is 1.57 bits per heavy atom. The molecule has 6 heteroatoms. The fraction of sp³-hybridized carbons (Fsp3) is 0.294. The highest BCUT2D eigenvalue weighted by Crippen LogP contribution is 2.36. The zero-order valence-electron chi connectivity index (χ0n) is 13.1. The van der Waals surface area contributed by atoms with Crippen LogP contribution >= 0.6 is 0 Å². The molecule has 0 fully saturated rings. The first kappa shape index (κ1) is 17.0. The molecule has 0 atom stereocenters. The van der Waals surface area contributed by atoms with Gasteiger partial charge >= 0.3 is 6.36 Å².